The van der Waals surface area contributed by atoms with Crippen molar-refractivity contribution < 1.29 is 9.15 Å². The summed E-state index contributed by atoms with van der Waals surface area (Å²) in [6.45, 7) is 3.67. The fraction of sp³-hybridized carbons (Fsp3) is 0.278. The Morgan fingerprint density at radius 3 is 2.96 bits per heavy atom. The maximum Gasteiger partial charge on any atom is 0.251 e. The van der Waals surface area contributed by atoms with Crippen molar-refractivity contribution in [3.63, 3.8) is 0 Å². The zero-order valence-corrected chi connectivity index (χ0v) is 14.0. The molecule has 3 aromatic heterocycles. The van der Waals surface area contributed by atoms with Gasteiger partial charge in [-0.25, -0.2) is 9.97 Å². The number of rotatable bonds is 8. The molecule has 3 rings (SSSR count). The summed E-state index contributed by atoms with van der Waals surface area (Å²) >= 11 is 0. The number of aryl methyl sites for hydroxylation is 1. The monoisotopic (exact) mass is 340 g/mol. The second kappa shape index (κ2) is 8.25. The van der Waals surface area contributed by atoms with Crippen LogP contribution in [0.4, 0.5) is 5.82 Å². The van der Waals surface area contributed by atoms with Crippen molar-refractivity contribution in [3.8, 4) is 11.4 Å². The lowest BCUT2D eigenvalue weighted by Crippen LogP contribution is -2.09. The van der Waals surface area contributed by atoms with Crippen molar-refractivity contribution in [3.05, 3.63) is 64.6 Å². The van der Waals surface area contributed by atoms with Gasteiger partial charge in [-0.1, -0.05) is 0 Å². The van der Waals surface area contributed by atoms with E-state index in [9.17, 15) is 4.79 Å². The maximum atomic E-state index is 11.5. The average Bonchev–Trinajstić information content (AvgIpc) is 3.11. The van der Waals surface area contributed by atoms with E-state index in [1.165, 1.54) is 6.07 Å². The molecule has 130 valence electrons. The van der Waals surface area contributed by atoms with Gasteiger partial charge in [-0.2, -0.15) is 0 Å². The summed E-state index contributed by atoms with van der Waals surface area (Å²) < 4.78 is 10.7. The Morgan fingerprint density at radius 2 is 2.24 bits per heavy atom. The highest BCUT2D eigenvalue weighted by atomic mass is 16.5. The van der Waals surface area contributed by atoms with Crippen LogP contribution in [0.2, 0.25) is 0 Å². The molecule has 0 aliphatic heterocycles. The normalized spacial score (nSPS) is 10.8. The Hall–Kier alpha value is -2.93. The third kappa shape index (κ3) is 5.02. The molecule has 0 aliphatic carbocycles. The van der Waals surface area contributed by atoms with Gasteiger partial charge >= 0.3 is 0 Å². The fourth-order valence-corrected chi connectivity index (χ4v) is 2.31. The first kappa shape index (κ1) is 16.9. The first-order chi connectivity index (χ1) is 12.2. The minimum Gasteiger partial charge on any atom is -0.467 e. The highest BCUT2D eigenvalue weighted by molar-refractivity contribution is 5.55. The number of aromatic amines is 1. The highest BCUT2D eigenvalue weighted by Crippen LogP contribution is 2.14. The van der Waals surface area contributed by atoms with Gasteiger partial charge in [-0.05, 0) is 37.6 Å². The van der Waals surface area contributed by atoms with Gasteiger partial charge < -0.3 is 19.5 Å². The van der Waals surface area contributed by atoms with Gasteiger partial charge in [0.15, 0.2) is 0 Å². The van der Waals surface area contributed by atoms with Crippen LogP contribution in [0.1, 0.15) is 17.9 Å². The van der Waals surface area contributed by atoms with Crippen LogP contribution in [-0.2, 0) is 11.3 Å². The van der Waals surface area contributed by atoms with E-state index in [1.807, 2.05) is 24.3 Å². The number of pyridine rings is 1. The van der Waals surface area contributed by atoms with Crippen molar-refractivity contribution in [2.24, 2.45) is 0 Å². The molecule has 0 saturated heterocycles. The Morgan fingerprint density at radius 1 is 1.32 bits per heavy atom. The van der Waals surface area contributed by atoms with Crippen molar-refractivity contribution in [1.82, 2.24) is 15.0 Å². The predicted octanol–water partition coefficient (Wildman–Crippen LogP) is 2.75. The summed E-state index contributed by atoms with van der Waals surface area (Å²) in [5.74, 6) is 2.12. The standard InChI is InChI=1S/C18H20N4O3/c1-13-10-17(23)22-18(21-13)14-5-6-16(20-11-14)19-7-3-8-24-12-15-4-2-9-25-15/h2,4-6,9-11H,3,7-8,12H2,1H3,(H,19,20)(H,21,22,23). The first-order valence-corrected chi connectivity index (χ1v) is 8.09. The van der Waals surface area contributed by atoms with Crippen LogP contribution in [0.5, 0.6) is 0 Å². The molecule has 3 aromatic rings. The van der Waals surface area contributed by atoms with E-state index < -0.39 is 0 Å². The molecule has 0 aliphatic rings. The number of anilines is 1. The number of ether oxygens (including phenoxy) is 1. The molecule has 0 aromatic carbocycles. The molecule has 7 heteroatoms. The van der Waals surface area contributed by atoms with E-state index in [0.29, 0.717) is 24.7 Å². The van der Waals surface area contributed by atoms with Gasteiger partial charge in [-0.3, -0.25) is 4.79 Å². The van der Waals surface area contributed by atoms with E-state index in [0.717, 1.165) is 30.1 Å². The van der Waals surface area contributed by atoms with Crippen LogP contribution in [-0.4, -0.2) is 28.1 Å². The van der Waals surface area contributed by atoms with Crippen molar-refractivity contribution in [2.45, 2.75) is 20.0 Å². The lowest BCUT2D eigenvalue weighted by molar-refractivity contribution is 0.106. The van der Waals surface area contributed by atoms with Crippen LogP contribution in [0.3, 0.4) is 0 Å². The summed E-state index contributed by atoms with van der Waals surface area (Å²) in [5.41, 5.74) is 1.28. The SMILES string of the molecule is Cc1cc(=O)[nH]c(-c2ccc(NCCCOCc3ccco3)nc2)n1. The number of nitrogens with one attached hydrogen (secondary N) is 2. The van der Waals surface area contributed by atoms with Gasteiger partial charge in [0.2, 0.25) is 0 Å². The predicted molar refractivity (Wildman–Crippen MR) is 94.3 cm³/mol. The summed E-state index contributed by atoms with van der Waals surface area (Å²) in [6, 6.07) is 8.93. The van der Waals surface area contributed by atoms with Crippen LogP contribution < -0.4 is 10.9 Å². The molecule has 3 heterocycles. The highest BCUT2D eigenvalue weighted by Gasteiger charge is 2.03. The molecule has 0 fully saturated rings. The Bertz CT molecular complexity index is 842. The van der Waals surface area contributed by atoms with Crippen LogP contribution in [0, 0.1) is 6.92 Å². The minimum atomic E-state index is -0.167. The summed E-state index contributed by atoms with van der Waals surface area (Å²) in [7, 11) is 0. The molecule has 25 heavy (non-hydrogen) atoms. The number of H-pyrrole nitrogens is 1. The molecular formula is C18H20N4O3. The second-order valence-electron chi connectivity index (χ2n) is 5.58. The number of hydrogen-bond donors (Lipinski definition) is 2. The number of aromatic nitrogens is 3. The summed E-state index contributed by atoms with van der Waals surface area (Å²) in [4.78, 5) is 22.9. The summed E-state index contributed by atoms with van der Waals surface area (Å²) in [5, 5.41) is 3.23. The third-order valence-corrected chi connectivity index (χ3v) is 3.50. The van der Waals surface area contributed by atoms with Crippen molar-refractivity contribution in [1.29, 1.82) is 0 Å². The molecule has 0 amide bonds. The average molecular weight is 340 g/mol. The third-order valence-electron chi connectivity index (χ3n) is 3.50. The van der Waals surface area contributed by atoms with Gasteiger partial charge in [0.25, 0.3) is 5.56 Å². The first-order valence-electron chi connectivity index (χ1n) is 8.09. The number of furan rings is 1. The van der Waals surface area contributed by atoms with E-state index in [2.05, 4.69) is 20.3 Å². The van der Waals surface area contributed by atoms with Crippen LogP contribution in [0.15, 0.2) is 52.0 Å². The lowest BCUT2D eigenvalue weighted by atomic mass is 10.2. The largest absolute Gasteiger partial charge is 0.467 e. The number of nitrogens with zero attached hydrogens (tertiary/aromatic N) is 2. The van der Waals surface area contributed by atoms with E-state index in [1.54, 1.807) is 19.4 Å². The van der Waals surface area contributed by atoms with Crippen molar-refractivity contribution in [2.75, 3.05) is 18.5 Å². The molecular weight excluding hydrogens is 320 g/mol. The smallest absolute Gasteiger partial charge is 0.251 e. The van der Waals surface area contributed by atoms with Gasteiger partial charge in [0.1, 0.15) is 24.0 Å². The molecule has 0 radical (unpaired) electrons. The van der Waals surface area contributed by atoms with Gasteiger partial charge in [0.05, 0.1) is 6.26 Å². The maximum absolute atomic E-state index is 11.5. The van der Waals surface area contributed by atoms with Crippen molar-refractivity contribution >= 4 is 5.82 Å². The Kier molecular flexibility index (Phi) is 5.58. The quantitative estimate of drug-likeness (QED) is 0.613. The molecule has 0 unspecified atom stereocenters. The van der Waals surface area contributed by atoms with E-state index in [4.69, 9.17) is 9.15 Å². The molecule has 0 saturated carbocycles. The fourth-order valence-electron chi connectivity index (χ4n) is 2.31. The van der Waals surface area contributed by atoms with Crippen LogP contribution in [0.25, 0.3) is 11.4 Å². The topological polar surface area (TPSA) is 93.0 Å². The second-order valence-corrected chi connectivity index (χ2v) is 5.58. The minimum absolute atomic E-state index is 0.167. The lowest BCUT2D eigenvalue weighted by Gasteiger charge is -2.07. The number of hydrogen-bond acceptors (Lipinski definition) is 6. The molecule has 0 spiro atoms. The molecule has 0 atom stereocenters. The van der Waals surface area contributed by atoms with E-state index in [-0.39, 0.29) is 5.56 Å². The van der Waals surface area contributed by atoms with Gasteiger partial charge in [-0.15, -0.1) is 0 Å². The van der Waals surface area contributed by atoms with Crippen LogP contribution >= 0.6 is 0 Å². The van der Waals surface area contributed by atoms with Gasteiger partial charge in [0, 0.05) is 36.7 Å². The zero-order valence-electron chi connectivity index (χ0n) is 14.0. The Balaban J connectivity index is 1.44. The molecule has 2 N–H and O–H groups in total. The molecule has 7 nitrogen and oxygen atoms in total. The molecule has 0 bridgehead atoms. The van der Waals surface area contributed by atoms with E-state index >= 15 is 0 Å². The summed E-state index contributed by atoms with van der Waals surface area (Å²) in [6.07, 6.45) is 4.18. The Labute approximate surface area is 145 Å². The zero-order chi connectivity index (χ0) is 17.5.